The number of aromatic nitrogens is 1. The number of rotatable bonds is 3. The number of hydrogen-bond acceptors (Lipinski definition) is 4. The number of carbonyl (C=O) groups excluding carboxylic acids is 1. The zero-order chi connectivity index (χ0) is 10.7. The molecule has 1 saturated heterocycles. The van der Waals surface area contributed by atoms with Crippen molar-refractivity contribution in [3.8, 4) is 0 Å². The van der Waals surface area contributed by atoms with Crippen molar-refractivity contribution in [1.29, 1.82) is 0 Å². The molecule has 4 nitrogen and oxygen atoms in total. The van der Waals surface area contributed by atoms with Crippen molar-refractivity contribution in [1.82, 2.24) is 15.6 Å². The molecule has 0 aliphatic carbocycles. The quantitative estimate of drug-likeness (QED) is 0.801. The van der Waals surface area contributed by atoms with Crippen LogP contribution in [0.4, 0.5) is 0 Å². The van der Waals surface area contributed by atoms with Crippen molar-refractivity contribution in [3.05, 3.63) is 16.1 Å². The molecule has 1 aliphatic rings. The molecule has 1 amide bonds. The lowest BCUT2D eigenvalue weighted by molar-refractivity contribution is -0.124. The molecule has 82 valence electrons. The van der Waals surface area contributed by atoms with E-state index in [-0.39, 0.29) is 11.9 Å². The summed E-state index contributed by atoms with van der Waals surface area (Å²) < 4.78 is 0. The van der Waals surface area contributed by atoms with Crippen molar-refractivity contribution in [3.63, 3.8) is 0 Å². The van der Waals surface area contributed by atoms with E-state index < -0.39 is 0 Å². The fourth-order valence-electron chi connectivity index (χ4n) is 1.66. The fourth-order valence-corrected chi connectivity index (χ4v) is 2.38. The molecule has 5 heteroatoms. The lowest BCUT2D eigenvalue weighted by atomic mass is 10.1. The van der Waals surface area contributed by atoms with Gasteiger partial charge in [0.2, 0.25) is 5.91 Å². The molecule has 0 aromatic carbocycles. The molecule has 1 atom stereocenters. The van der Waals surface area contributed by atoms with Crippen LogP contribution in [0.25, 0.3) is 0 Å². The zero-order valence-corrected chi connectivity index (χ0v) is 9.56. The molecule has 15 heavy (non-hydrogen) atoms. The SMILES string of the molecule is Cc1csc(CNC2CCCNC2=O)n1. The number of thiazole rings is 1. The van der Waals surface area contributed by atoms with Crippen LogP contribution in [-0.2, 0) is 11.3 Å². The van der Waals surface area contributed by atoms with Gasteiger partial charge >= 0.3 is 0 Å². The van der Waals surface area contributed by atoms with Gasteiger partial charge < -0.3 is 5.32 Å². The zero-order valence-electron chi connectivity index (χ0n) is 8.75. The normalized spacial score (nSPS) is 21.4. The molecule has 2 rings (SSSR count). The summed E-state index contributed by atoms with van der Waals surface area (Å²) in [4.78, 5) is 15.8. The minimum absolute atomic E-state index is 0.0389. The lowest BCUT2D eigenvalue weighted by Gasteiger charge is -2.22. The molecule has 1 aliphatic heterocycles. The van der Waals surface area contributed by atoms with Crippen LogP contribution >= 0.6 is 11.3 Å². The van der Waals surface area contributed by atoms with Gasteiger partial charge in [-0.3, -0.25) is 10.1 Å². The highest BCUT2D eigenvalue weighted by molar-refractivity contribution is 7.09. The van der Waals surface area contributed by atoms with E-state index >= 15 is 0 Å². The molecule has 1 fully saturated rings. The van der Waals surface area contributed by atoms with Gasteiger partial charge in [-0.05, 0) is 19.8 Å². The van der Waals surface area contributed by atoms with E-state index in [2.05, 4.69) is 15.6 Å². The predicted octanol–water partition coefficient (Wildman–Crippen LogP) is 0.820. The van der Waals surface area contributed by atoms with Gasteiger partial charge in [-0.2, -0.15) is 0 Å². The van der Waals surface area contributed by atoms with Crippen molar-refractivity contribution >= 4 is 17.2 Å². The molecule has 1 aromatic rings. The van der Waals surface area contributed by atoms with Crippen molar-refractivity contribution < 1.29 is 4.79 Å². The van der Waals surface area contributed by atoms with E-state index in [4.69, 9.17) is 0 Å². The molecular weight excluding hydrogens is 210 g/mol. The van der Waals surface area contributed by atoms with Gasteiger partial charge in [0.15, 0.2) is 0 Å². The standard InChI is InChI=1S/C10H15N3OS/c1-7-6-15-9(13-7)5-12-8-3-2-4-11-10(8)14/h6,8,12H,2-5H2,1H3,(H,11,14). The third-order valence-electron chi connectivity index (χ3n) is 2.45. The van der Waals surface area contributed by atoms with Gasteiger partial charge in [-0.1, -0.05) is 0 Å². The molecule has 2 heterocycles. The molecule has 1 aromatic heterocycles. The molecular formula is C10H15N3OS. The van der Waals surface area contributed by atoms with Crippen LogP contribution in [0.15, 0.2) is 5.38 Å². The van der Waals surface area contributed by atoms with Gasteiger partial charge in [-0.15, -0.1) is 11.3 Å². The van der Waals surface area contributed by atoms with Gasteiger partial charge in [0.1, 0.15) is 5.01 Å². The van der Waals surface area contributed by atoms with Crippen LogP contribution in [0.5, 0.6) is 0 Å². The second kappa shape index (κ2) is 4.72. The largest absolute Gasteiger partial charge is 0.355 e. The first-order chi connectivity index (χ1) is 7.25. The Kier molecular flexibility index (Phi) is 3.33. The Morgan fingerprint density at radius 2 is 2.60 bits per heavy atom. The maximum Gasteiger partial charge on any atom is 0.237 e. The van der Waals surface area contributed by atoms with Gasteiger partial charge in [-0.25, -0.2) is 4.98 Å². The summed E-state index contributed by atoms with van der Waals surface area (Å²) in [6.45, 7) is 3.48. The summed E-state index contributed by atoms with van der Waals surface area (Å²) in [5, 5.41) is 9.16. The summed E-state index contributed by atoms with van der Waals surface area (Å²) >= 11 is 1.63. The van der Waals surface area contributed by atoms with Crippen molar-refractivity contribution in [2.24, 2.45) is 0 Å². The topological polar surface area (TPSA) is 54.0 Å². The number of carbonyl (C=O) groups is 1. The summed E-state index contributed by atoms with van der Waals surface area (Å²) in [6.07, 6.45) is 1.98. The van der Waals surface area contributed by atoms with Crippen LogP contribution in [0.2, 0.25) is 0 Å². The molecule has 0 radical (unpaired) electrons. The third-order valence-corrected chi connectivity index (χ3v) is 3.42. The number of piperidine rings is 1. The first kappa shape index (κ1) is 10.6. The number of nitrogens with zero attached hydrogens (tertiary/aromatic N) is 1. The third kappa shape index (κ3) is 2.76. The molecule has 0 spiro atoms. The predicted molar refractivity (Wildman–Crippen MR) is 59.7 cm³/mol. The Bertz CT molecular complexity index is 350. The first-order valence-corrected chi connectivity index (χ1v) is 6.06. The number of hydrogen-bond donors (Lipinski definition) is 2. The maximum atomic E-state index is 11.4. The highest BCUT2D eigenvalue weighted by atomic mass is 32.1. The Balaban J connectivity index is 1.84. The number of aryl methyl sites for hydroxylation is 1. The smallest absolute Gasteiger partial charge is 0.237 e. The Morgan fingerprint density at radius 3 is 3.27 bits per heavy atom. The van der Waals surface area contributed by atoms with Crippen molar-refractivity contribution in [2.75, 3.05) is 6.54 Å². The highest BCUT2D eigenvalue weighted by Crippen LogP contribution is 2.10. The molecule has 2 N–H and O–H groups in total. The van der Waals surface area contributed by atoms with Crippen LogP contribution in [0, 0.1) is 6.92 Å². The van der Waals surface area contributed by atoms with Crippen molar-refractivity contribution in [2.45, 2.75) is 32.4 Å². The van der Waals surface area contributed by atoms with E-state index in [9.17, 15) is 4.79 Å². The van der Waals surface area contributed by atoms with E-state index in [0.29, 0.717) is 6.54 Å². The highest BCUT2D eigenvalue weighted by Gasteiger charge is 2.21. The first-order valence-electron chi connectivity index (χ1n) is 5.18. The molecule has 0 saturated carbocycles. The minimum Gasteiger partial charge on any atom is -0.355 e. The van der Waals surface area contributed by atoms with E-state index in [1.165, 1.54) is 0 Å². The van der Waals surface area contributed by atoms with E-state index in [1.54, 1.807) is 11.3 Å². The van der Waals surface area contributed by atoms with Gasteiger partial charge in [0.25, 0.3) is 0 Å². The van der Waals surface area contributed by atoms with E-state index in [1.807, 2.05) is 12.3 Å². The fraction of sp³-hybridized carbons (Fsp3) is 0.600. The number of nitrogens with one attached hydrogen (secondary N) is 2. The van der Waals surface area contributed by atoms with Gasteiger partial charge in [0.05, 0.1) is 6.04 Å². The molecule has 0 bridgehead atoms. The lowest BCUT2D eigenvalue weighted by Crippen LogP contribution is -2.47. The minimum atomic E-state index is -0.0389. The average molecular weight is 225 g/mol. The van der Waals surface area contributed by atoms with Crippen LogP contribution in [0.3, 0.4) is 0 Å². The maximum absolute atomic E-state index is 11.4. The van der Waals surface area contributed by atoms with Gasteiger partial charge in [0, 0.05) is 24.2 Å². The molecule has 1 unspecified atom stereocenters. The summed E-state index contributed by atoms with van der Waals surface area (Å²) in [7, 11) is 0. The van der Waals surface area contributed by atoms with E-state index in [0.717, 1.165) is 30.1 Å². The van der Waals surface area contributed by atoms with Crippen LogP contribution in [-0.4, -0.2) is 23.5 Å². The summed E-state index contributed by atoms with van der Waals surface area (Å²) in [5.74, 6) is 0.120. The van der Waals surface area contributed by atoms with Crippen LogP contribution in [0.1, 0.15) is 23.5 Å². The number of amides is 1. The second-order valence-electron chi connectivity index (χ2n) is 3.75. The monoisotopic (exact) mass is 225 g/mol. The Morgan fingerprint density at radius 1 is 1.73 bits per heavy atom. The summed E-state index contributed by atoms with van der Waals surface area (Å²) in [5.41, 5.74) is 1.05. The average Bonchev–Trinajstić information content (AvgIpc) is 2.63. The summed E-state index contributed by atoms with van der Waals surface area (Å²) in [6, 6.07) is -0.0389. The van der Waals surface area contributed by atoms with Crippen LogP contribution < -0.4 is 10.6 Å². The second-order valence-corrected chi connectivity index (χ2v) is 4.69. The Hall–Kier alpha value is -0.940. The Labute approximate surface area is 93.1 Å².